The maximum atomic E-state index is 13.1. The molecule has 0 spiro atoms. The molecular weight excluding hydrogens is 431 g/mol. The summed E-state index contributed by atoms with van der Waals surface area (Å²) in [4.78, 5) is 24.2. The van der Waals surface area contributed by atoms with Crippen LogP contribution in [0, 0.1) is 12.7 Å². The van der Waals surface area contributed by atoms with Gasteiger partial charge in [0.1, 0.15) is 11.6 Å². The first-order chi connectivity index (χ1) is 16.6. The number of nitrogens with zero attached hydrogens (tertiary/aromatic N) is 4. The number of carbonyl (C=O) groups is 1. The summed E-state index contributed by atoms with van der Waals surface area (Å²) in [6, 6.07) is 7.37. The number of carbonyl (C=O) groups excluding carboxylic acids is 1. The van der Waals surface area contributed by atoms with Gasteiger partial charge in [0.2, 0.25) is 0 Å². The number of pyridine rings is 2. The molecule has 0 amide bonds. The first-order valence-corrected chi connectivity index (χ1v) is 11.9. The van der Waals surface area contributed by atoms with E-state index in [1.54, 1.807) is 29.1 Å². The van der Waals surface area contributed by atoms with Crippen LogP contribution in [0.2, 0.25) is 0 Å². The van der Waals surface area contributed by atoms with Crippen molar-refractivity contribution in [1.82, 2.24) is 19.4 Å². The number of ketones is 1. The number of allylic oxidation sites excluding steroid dienone is 1. The molecule has 0 aromatic carbocycles. The molecular formula is C27H29FN4O2. The predicted octanol–water partition coefficient (Wildman–Crippen LogP) is 4.41. The molecule has 5 rings (SSSR count). The Balaban J connectivity index is 1.23. The third-order valence-corrected chi connectivity index (χ3v) is 6.74. The van der Waals surface area contributed by atoms with E-state index >= 15 is 0 Å². The van der Waals surface area contributed by atoms with Crippen LogP contribution in [0.3, 0.4) is 0 Å². The Bertz CT molecular complexity index is 1200. The normalized spacial score (nSPS) is 19.1. The Kier molecular flexibility index (Phi) is 6.65. The predicted molar refractivity (Wildman–Crippen MR) is 129 cm³/mol. The first-order valence-electron chi connectivity index (χ1n) is 11.9. The van der Waals surface area contributed by atoms with Gasteiger partial charge in [-0.25, -0.2) is 9.37 Å². The number of hydrogen-bond acceptors (Lipinski definition) is 5. The molecule has 1 unspecified atom stereocenters. The molecule has 0 N–H and O–H groups in total. The molecule has 4 heterocycles. The van der Waals surface area contributed by atoms with E-state index in [2.05, 4.69) is 29.0 Å². The van der Waals surface area contributed by atoms with Gasteiger partial charge >= 0.3 is 0 Å². The van der Waals surface area contributed by atoms with Crippen LogP contribution in [0.1, 0.15) is 46.4 Å². The molecule has 6 nitrogen and oxygen atoms in total. The summed E-state index contributed by atoms with van der Waals surface area (Å²) in [5.74, 6) is 0.193. The lowest BCUT2D eigenvalue weighted by Gasteiger charge is -2.36. The Morgan fingerprint density at radius 2 is 2.03 bits per heavy atom. The highest BCUT2D eigenvalue weighted by Gasteiger charge is 2.24. The quantitative estimate of drug-likeness (QED) is 0.510. The zero-order chi connectivity index (χ0) is 23.5. The smallest absolute Gasteiger partial charge is 0.168 e. The van der Waals surface area contributed by atoms with Gasteiger partial charge in [0, 0.05) is 49.7 Å². The summed E-state index contributed by atoms with van der Waals surface area (Å²) in [7, 11) is 0. The topological polar surface area (TPSA) is 60.2 Å². The van der Waals surface area contributed by atoms with E-state index in [0.29, 0.717) is 17.4 Å². The number of Topliss-reactive ketones (excluding diaryl/α,β-unsaturated/α-hetero) is 1. The summed E-state index contributed by atoms with van der Waals surface area (Å²) >= 11 is 0. The second-order valence-corrected chi connectivity index (χ2v) is 9.06. The molecule has 0 radical (unpaired) electrons. The highest BCUT2D eigenvalue weighted by molar-refractivity contribution is 5.97. The van der Waals surface area contributed by atoms with Crippen molar-refractivity contribution in [1.29, 1.82) is 0 Å². The van der Waals surface area contributed by atoms with Crippen molar-refractivity contribution < 1.29 is 13.9 Å². The number of aromatic nitrogens is 3. The van der Waals surface area contributed by atoms with Crippen LogP contribution >= 0.6 is 0 Å². The molecule has 1 aliphatic carbocycles. The van der Waals surface area contributed by atoms with Crippen molar-refractivity contribution in [3.63, 3.8) is 0 Å². The molecule has 2 aliphatic rings. The summed E-state index contributed by atoms with van der Waals surface area (Å²) in [6.45, 7) is 5.79. The lowest BCUT2D eigenvalue weighted by Crippen LogP contribution is -2.43. The van der Waals surface area contributed by atoms with Crippen LogP contribution in [0.5, 0.6) is 0 Å². The zero-order valence-electron chi connectivity index (χ0n) is 19.4. The summed E-state index contributed by atoms with van der Waals surface area (Å²) in [6.07, 6.45) is 12.3. The fraction of sp³-hybridized carbons (Fsp3) is 0.370. The fourth-order valence-electron chi connectivity index (χ4n) is 4.89. The molecule has 1 fully saturated rings. The monoisotopic (exact) mass is 460 g/mol. The van der Waals surface area contributed by atoms with Gasteiger partial charge in [-0.2, -0.15) is 0 Å². The summed E-state index contributed by atoms with van der Waals surface area (Å²) < 4.78 is 20.3. The van der Waals surface area contributed by atoms with Crippen LogP contribution in [-0.2, 0) is 11.2 Å². The number of rotatable bonds is 6. The molecule has 3 aromatic rings. The highest BCUT2D eigenvalue weighted by Crippen LogP contribution is 2.30. The van der Waals surface area contributed by atoms with E-state index in [1.165, 1.54) is 11.6 Å². The maximum Gasteiger partial charge on any atom is 0.168 e. The fourth-order valence-corrected chi connectivity index (χ4v) is 4.89. The number of hydrogen-bond donors (Lipinski definition) is 0. The van der Waals surface area contributed by atoms with Gasteiger partial charge in [0.05, 0.1) is 25.1 Å². The molecule has 7 heteroatoms. The lowest BCUT2D eigenvalue weighted by atomic mass is 9.90. The van der Waals surface area contributed by atoms with E-state index in [1.807, 2.05) is 6.20 Å². The largest absolute Gasteiger partial charge is 0.379 e. The van der Waals surface area contributed by atoms with E-state index in [4.69, 9.17) is 9.72 Å². The zero-order valence-corrected chi connectivity index (χ0v) is 19.4. The number of aryl methyl sites for hydroxylation is 1. The van der Waals surface area contributed by atoms with Crippen LogP contribution in [0.4, 0.5) is 4.39 Å². The molecule has 34 heavy (non-hydrogen) atoms. The first kappa shape index (κ1) is 22.6. The Morgan fingerprint density at radius 1 is 1.18 bits per heavy atom. The van der Waals surface area contributed by atoms with Crippen molar-refractivity contribution >= 4 is 11.4 Å². The minimum atomic E-state index is -0.389. The van der Waals surface area contributed by atoms with E-state index in [-0.39, 0.29) is 18.0 Å². The van der Waals surface area contributed by atoms with Gasteiger partial charge in [-0.05, 0) is 61.1 Å². The van der Waals surface area contributed by atoms with Gasteiger partial charge < -0.3 is 9.30 Å². The van der Waals surface area contributed by atoms with Crippen molar-refractivity contribution in [3.8, 4) is 5.82 Å². The molecule has 0 bridgehead atoms. The molecule has 3 aromatic heterocycles. The summed E-state index contributed by atoms with van der Waals surface area (Å²) in [5, 5.41) is 0. The average molecular weight is 461 g/mol. The molecule has 0 saturated carbocycles. The van der Waals surface area contributed by atoms with Crippen molar-refractivity contribution in [2.45, 2.75) is 38.6 Å². The summed E-state index contributed by atoms with van der Waals surface area (Å²) in [5.41, 5.74) is 4.96. The number of ether oxygens (including phenoxy) is 1. The highest BCUT2D eigenvalue weighted by atomic mass is 19.1. The van der Waals surface area contributed by atoms with Gasteiger partial charge in [0.15, 0.2) is 5.78 Å². The second-order valence-electron chi connectivity index (χ2n) is 9.06. The SMILES string of the molecule is Cc1cc(CC(=O)c2ccn(-c3ccc(F)cn3)c2)cnc1C1=CCC(N2CCOCC2)CC1. The van der Waals surface area contributed by atoms with Crippen LogP contribution < -0.4 is 0 Å². The third kappa shape index (κ3) is 5.00. The Labute approximate surface area is 199 Å². The lowest BCUT2D eigenvalue weighted by molar-refractivity contribution is 0.0150. The number of halogens is 1. The molecule has 1 saturated heterocycles. The molecule has 1 atom stereocenters. The molecule has 1 aliphatic heterocycles. The van der Waals surface area contributed by atoms with Crippen LogP contribution in [0.25, 0.3) is 11.4 Å². The van der Waals surface area contributed by atoms with Gasteiger partial charge in [-0.1, -0.05) is 12.1 Å². The van der Waals surface area contributed by atoms with Crippen molar-refractivity contribution in [2.24, 2.45) is 0 Å². The molecule has 176 valence electrons. The van der Waals surface area contributed by atoms with Crippen molar-refractivity contribution in [2.75, 3.05) is 26.3 Å². The average Bonchev–Trinajstić information content (AvgIpc) is 3.36. The maximum absolute atomic E-state index is 13.1. The Morgan fingerprint density at radius 3 is 2.74 bits per heavy atom. The third-order valence-electron chi connectivity index (χ3n) is 6.74. The Hall–Kier alpha value is -3.16. The standard InChI is InChI=1S/C27H29FN4O2/c1-19-14-20(15-25(33)22-8-9-32(18-22)26-7-4-23(28)17-29-26)16-30-27(19)21-2-5-24(6-3-21)31-10-12-34-13-11-31/h2,4,7-9,14,16-18,24H,3,5-6,10-13,15H2,1H3. The van der Waals surface area contributed by atoms with Gasteiger partial charge in [0.25, 0.3) is 0 Å². The van der Waals surface area contributed by atoms with Crippen molar-refractivity contribution in [3.05, 3.63) is 83.3 Å². The number of morpholine rings is 1. The minimum Gasteiger partial charge on any atom is -0.379 e. The second kappa shape index (κ2) is 9.99. The van der Waals surface area contributed by atoms with Crippen LogP contribution in [-0.4, -0.2) is 57.6 Å². The van der Waals surface area contributed by atoms with Gasteiger partial charge in [-0.15, -0.1) is 0 Å². The van der Waals surface area contributed by atoms with E-state index < -0.39 is 0 Å². The van der Waals surface area contributed by atoms with Crippen LogP contribution in [0.15, 0.2) is 55.1 Å². The minimum absolute atomic E-state index is 0.0139. The van der Waals surface area contributed by atoms with Gasteiger partial charge in [-0.3, -0.25) is 14.7 Å². The van der Waals surface area contributed by atoms with E-state index in [9.17, 15) is 9.18 Å². The van der Waals surface area contributed by atoms with E-state index in [0.717, 1.165) is 68.6 Å².